The lowest BCUT2D eigenvalue weighted by Gasteiger charge is -2.33. The van der Waals surface area contributed by atoms with Crippen LogP contribution in [-0.4, -0.2) is 61.6 Å². The Labute approximate surface area is 145 Å². The van der Waals surface area contributed by atoms with Gasteiger partial charge in [0, 0.05) is 32.3 Å². The SMILES string of the molecule is CCOCCN1CCNC(CC(=O)NC2CCCCC2)C1=O.Cl. The van der Waals surface area contributed by atoms with E-state index in [1.165, 1.54) is 19.3 Å². The van der Waals surface area contributed by atoms with Crippen LogP contribution in [0.5, 0.6) is 0 Å². The Morgan fingerprint density at radius 3 is 2.78 bits per heavy atom. The summed E-state index contributed by atoms with van der Waals surface area (Å²) in [6.07, 6.45) is 6.02. The highest BCUT2D eigenvalue weighted by Gasteiger charge is 2.30. The van der Waals surface area contributed by atoms with Crippen LogP contribution < -0.4 is 10.6 Å². The average Bonchev–Trinajstić information content (AvgIpc) is 2.52. The van der Waals surface area contributed by atoms with Gasteiger partial charge in [-0.05, 0) is 19.8 Å². The van der Waals surface area contributed by atoms with E-state index in [2.05, 4.69) is 10.6 Å². The Bertz CT molecular complexity index is 376. The third-order valence-electron chi connectivity index (χ3n) is 4.45. The van der Waals surface area contributed by atoms with Crippen LogP contribution in [0, 0.1) is 0 Å². The van der Waals surface area contributed by atoms with E-state index >= 15 is 0 Å². The first kappa shape index (κ1) is 20.2. The Balaban J connectivity index is 0.00000264. The van der Waals surface area contributed by atoms with Gasteiger partial charge in [0.1, 0.15) is 0 Å². The minimum Gasteiger partial charge on any atom is -0.380 e. The van der Waals surface area contributed by atoms with Crippen molar-refractivity contribution in [3.63, 3.8) is 0 Å². The van der Waals surface area contributed by atoms with Gasteiger partial charge in [-0.25, -0.2) is 0 Å². The summed E-state index contributed by atoms with van der Waals surface area (Å²) < 4.78 is 5.31. The largest absolute Gasteiger partial charge is 0.380 e. The van der Waals surface area contributed by atoms with Crippen molar-refractivity contribution >= 4 is 24.2 Å². The molecule has 0 spiro atoms. The van der Waals surface area contributed by atoms with Crippen LogP contribution in [0.1, 0.15) is 45.4 Å². The molecule has 1 atom stereocenters. The first-order valence-corrected chi connectivity index (χ1v) is 8.60. The van der Waals surface area contributed by atoms with Crippen LogP contribution in [-0.2, 0) is 14.3 Å². The number of piperazine rings is 1. The lowest BCUT2D eigenvalue weighted by Crippen LogP contribution is -2.57. The molecule has 0 radical (unpaired) electrons. The van der Waals surface area contributed by atoms with Crippen molar-refractivity contribution in [2.75, 3.05) is 32.8 Å². The number of hydrogen-bond donors (Lipinski definition) is 2. The number of halogens is 1. The van der Waals surface area contributed by atoms with E-state index in [1.54, 1.807) is 4.90 Å². The van der Waals surface area contributed by atoms with Crippen molar-refractivity contribution in [1.29, 1.82) is 0 Å². The van der Waals surface area contributed by atoms with Crippen molar-refractivity contribution in [2.45, 2.75) is 57.5 Å². The molecule has 1 unspecified atom stereocenters. The van der Waals surface area contributed by atoms with Crippen LogP contribution in [0.4, 0.5) is 0 Å². The quantitative estimate of drug-likeness (QED) is 0.676. The zero-order chi connectivity index (χ0) is 15.8. The highest BCUT2D eigenvalue weighted by atomic mass is 35.5. The second-order valence-corrected chi connectivity index (χ2v) is 6.14. The minimum absolute atomic E-state index is 0. The Morgan fingerprint density at radius 2 is 2.09 bits per heavy atom. The number of ether oxygens (including phenoxy) is 1. The minimum atomic E-state index is -0.390. The van der Waals surface area contributed by atoms with Gasteiger partial charge in [0.25, 0.3) is 0 Å². The number of hydrogen-bond acceptors (Lipinski definition) is 4. The van der Waals surface area contributed by atoms with Crippen LogP contribution in [0.15, 0.2) is 0 Å². The smallest absolute Gasteiger partial charge is 0.240 e. The second kappa shape index (κ2) is 10.8. The first-order valence-electron chi connectivity index (χ1n) is 8.60. The Hall–Kier alpha value is -0.850. The molecule has 7 heteroatoms. The monoisotopic (exact) mass is 347 g/mol. The molecule has 2 aliphatic rings. The molecular formula is C16H30ClN3O3. The summed E-state index contributed by atoms with van der Waals surface area (Å²) in [5.41, 5.74) is 0. The van der Waals surface area contributed by atoms with Gasteiger partial charge in [0.05, 0.1) is 19.1 Å². The Morgan fingerprint density at radius 1 is 1.35 bits per heavy atom. The van der Waals surface area contributed by atoms with Gasteiger partial charge in [0.15, 0.2) is 0 Å². The highest BCUT2D eigenvalue weighted by molar-refractivity contribution is 5.89. The fourth-order valence-corrected chi connectivity index (χ4v) is 3.21. The van der Waals surface area contributed by atoms with Crippen LogP contribution in [0.2, 0.25) is 0 Å². The number of nitrogens with one attached hydrogen (secondary N) is 2. The van der Waals surface area contributed by atoms with Gasteiger partial charge in [-0.3, -0.25) is 9.59 Å². The van der Waals surface area contributed by atoms with Gasteiger partial charge in [-0.15, -0.1) is 12.4 Å². The molecule has 0 bridgehead atoms. The van der Waals surface area contributed by atoms with E-state index in [0.29, 0.717) is 32.3 Å². The van der Waals surface area contributed by atoms with Crippen LogP contribution >= 0.6 is 12.4 Å². The topological polar surface area (TPSA) is 70.7 Å². The summed E-state index contributed by atoms with van der Waals surface area (Å²) in [6.45, 7) is 5.19. The van der Waals surface area contributed by atoms with E-state index in [-0.39, 0.29) is 36.7 Å². The predicted octanol–water partition coefficient (Wildman–Crippen LogP) is 1.08. The van der Waals surface area contributed by atoms with E-state index in [0.717, 1.165) is 19.4 Å². The lowest BCUT2D eigenvalue weighted by molar-refractivity contribution is -0.139. The molecule has 0 aromatic heterocycles. The summed E-state index contributed by atoms with van der Waals surface area (Å²) >= 11 is 0. The van der Waals surface area contributed by atoms with E-state index in [4.69, 9.17) is 4.74 Å². The maximum Gasteiger partial charge on any atom is 0.240 e. The molecule has 134 valence electrons. The Kier molecular flexibility index (Phi) is 9.52. The molecule has 23 heavy (non-hydrogen) atoms. The summed E-state index contributed by atoms with van der Waals surface area (Å²) in [7, 11) is 0. The number of carbonyl (C=O) groups is 2. The molecule has 1 saturated heterocycles. The van der Waals surface area contributed by atoms with Crippen molar-refractivity contribution in [1.82, 2.24) is 15.5 Å². The zero-order valence-corrected chi connectivity index (χ0v) is 14.8. The third-order valence-corrected chi connectivity index (χ3v) is 4.45. The van der Waals surface area contributed by atoms with Crippen LogP contribution in [0.25, 0.3) is 0 Å². The van der Waals surface area contributed by atoms with Gasteiger partial charge < -0.3 is 20.3 Å². The fourth-order valence-electron chi connectivity index (χ4n) is 3.21. The molecule has 0 aromatic rings. The third kappa shape index (κ3) is 6.65. The van der Waals surface area contributed by atoms with Crippen molar-refractivity contribution < 1.29 is 14.3 Å². The predicted molar refractivity (Wildman–Crippen MR) is 91.7 cm³/mol. The number of rotatable bonds is 7. The van der Waals surface area contributed by atoms with Crippen molar-refractivity contribution in [3.05, 3.63) is 0 Å². The second-order valence-electron chi connectivity index (χ2n) is 6.14. The molecule has 2 N–H and O–H groups in total. The van der Waals surface area contributed by atoms with Crippen molar-refractivity contribution in [2.24, 2.45) is 0 Å². The molecule has 1 heterocycles. The number of carbonyl (C=O) groups excluding carboxylic acids is 2. The molecule has 0 aromatic carbocycles. The lowest BCUT2D eigenvalue weighted by atomic mass is 9.95. The van der Waals surface area contributed by atoms with Gasteiger partial charge in [0.2, 0.25) is 11.8 Å². The molecule has 1 aliphatic heterocycles. The molecule has 2 amide bonds. The maximum atomic E-state index is 12.4. The molecule has 6 nitrogen and oxygen atoms in total. The summed E-state index contributed by atoms with van der Waals surface area (Å²) in [5, 5.41) is 6.24. The van der Waals surface area contributed by atoms with E-state index in [1.807, 2.05) is 6.92 Å². The summed E-state index contributed by atoms with van der Waals surface area (Å²) in [4.78, 5) is 26.3. The number of nitrogens with zero attached hydrogens (tertiary/aromatic N) is 1. The summed E-state index contributed by atoms with van der Waals surface area (Å²) in [6, 6.07) is -0.0898. The molecule has 1 saturated carbocycles. The van der Waals surface area contributed by atoms with E-state index < -0.39 is 0 Å². The zero-order valence-electron chi connectivity index (χ0n) is 14.0. The molecule has 2 rings (SSSR count). The van der Waals surface area contributed by atoms with Gasteiger partial charge in [-0.2, -0.15) is 0 Å². The summed E-state index contributed by atoms with van der Waals surface area (Å²) in [5.74, 6) is 0.00848. The molecule has 1 aliphatic carbocycles. The van der Waals surface area contributed by atoms with Crippen LogP contribution in [0.3, 0.4) is 0 Å². The molecule has 2 fully saturated rings. The van der Waals surface area contributed by atoms with Gasteiger partial charge >= 0.3 is 0 Å². The van der Waals surface area contributed by atoms with Gasteiger partial charge in [-0.1, -0.05) is 19.3 Å². The maximum absolute atomic E-state index is 12.4. The average molecular weight is 348 g/mol. The normalized spacial score (nSPS) is 22.6. The number of amides is 2. The fraction of sp³-hybridized carbons (Fsp3) is 0.875. The first-order chi connectivity index (χ1) is 10.7. The van der Waals surface area contributed by atoms with Crippen molar-refractivity contribution in [3.8, 4) is 0 Å². The standard InChI is InChI=1S/C16H29N3O3.ClH/c1-2-22-11-10-19-9-8-17-14(16(19)21)12-15(20)18-13-6-4-3-5-7-13;/h13-14,17H,2-12H2,1H3,(H,18,20);1H. The van der Waals surface area contributed by atoms with E-state index in [9.17, 15) is 9.59 Å². The molecular weight excluding hydrogens is 318 g/mol. The highest BCUT2D eigenvalue weighted by Crippen LogP contribution is 2.17.